The summed E-state index contributed by atoms with van der Waals surface area (Å²) in [6.45, 7) is 4.30. The lowest BCUT2D eigenvalue weighted by molar-refractivity contribution is 0.599. The molecule has 0 amide bonds. The average Bonchev–Trinajstić information content (AvgIpc) is 2.36. The quantitative estimate of drug-likeness (QED) is 0.716. The highest BCUT2D eigenvalue weighted by Gasteiger charge is 2.12. The number of thiophene rings is 1. The van der Waals surface area contributed by atoms with Gasteiger partial charge in [0.25, 0.3) is 0 Å². The van der Waals surface area contributed by atoms with E-state index in [-0.39, 0.29) is 5.38 Å². The zero-order chi connectivity index (χ0) is 9.14. The Labute approximate surface area is 91.1 Å². The van der Waals surface area contributed by atoms with Gasteiger partial charge in [-0.05, 0) is 39.7 Å². The molecule has 1 atom stereocenters. The molecule has 0 aliphatic rings. The second-order valence-electron chi connectivity index (χ2n) is 3.16. The first-order chi connectivity index (χ1) is 5.61. The van der Waals surface area contributed by atoms with E-state index >= 15 is 0 Å². The lowest BCUT2D eigenvalue weighted by atomic mass is 10.1. The third kappa shape index (κ3) is 2.75. The van der Waals surface area contributed by atoms with Crippen LogP contribution in [0.3, 0.4) is 0 Å². The second-order valence-corrected chi connectivity index (χ2v) is 5.57. The molecule has 1 unspecified atom stereocenters. The van der Waals surface area contributed by atoms with Crippen LogP contribution in [0.1, 0.15) is 18.7 Å². The van der Waals surface area contributed by atoms with E-state index in [0.717, 1.165) is 6.42 Å². The van der Waals surface area contributed by atoms with Crippen LogP contribution in [0.4, 0.5) is 0 Å². The van der Waals surface area contributed by atoms with Gasteiger partial charge in [0, 0.05) is 14.7 Å². The molecule has 0 spiro atoms. The van der Waals surface area contributed by atoms with Gasteiger partial charge in [-0.1, -0.05) is 13.8 Å². The zero-order valence-electron chi connectivity index (χ0n) is 7.18. The van der Waals surface area contributed by atoms with Gasteiger partial charge in [0.1, 0.15) is 0 Å². The molecule has 0 saturated carbocycles. The van der Waals surface area contributed by atoms with E-state index in [1.807, 2.05) is 0 Å². The van der Waals surface area contributed by atoms with Gasteiger partial charge in [0.05, 0.1) is 0 Å². The maximum atomic E-state index is 6.16. The van der Waals surface area contributed by atoms with Gasteiger partial charge in [-0.15, -0.1) is 22.9 Å². The van der Waals surface area contributed by atoms with Crippen LogP contribution in [0.25, 0.3) is 0 Å². The van der Waals surface area contributed by atoms with Crippen LogP contribution < -0.4 is 0 Å². The monoisotopic (exact) mass is 266 g/mol. The van der Waals surface area contributed by atoms with Crippen LogP contribution in [-0.4, -0.2) is 5.38 Å². The molecule has 0 aliphatic heterocycles. The number of alkyl halides is 1. The predicted octanol–water partition coefficient (Wildman–Crippen LogP) is 4.32. The summed E-state index contributed by atoms with van der Waals surface area (Å²) in [5.74, 6) is 0.542. The van der Waals surface area contributed by atoms with E-state index in [4.69, 9.17) is 11.6 Å². The summed E-state index contributed by atoms with van der Waals surface area (Å²) < 4.78 is 1.19. The van der Waals surface area contributed by atoms with Gasteiger partial charge in [-0.2, -0.15) is 0 Å². The SMILES string of the molecule is CC(C)C(Cl)Cc1sccc1Br. The molecule has 1 aromatic heterocycles. The fraction of sp³-hybridized carbons (Fsp3) is 0.556. The Morgan fingerprint density at radius 1 is 1.58 bits per heavy atom. The highest BCUT2D eigenvalue weighted by molar-refractivity contribution is 9.10. The van der Waals surface area contributed by atoms with Crippen molar-refractivity contribution < 1.29 is 0 Å². The Kier molecular flexibility index (Phi) is 4.08. The minimum Gasteiger partial charge on any atom is -0.148 e. The van der Waals surface area contributed by atoms with Crippen LogP contribution >= 0.6 is 38.9 Å². The van der Waals surface area contributed by atoms with Gasteiger partial charge in [0.2, 0.25) is 0 Å². The van der Waals surface area contributed by atoms with E-state index < -0.39 is 0 Å². The Morgan fingerprint density at radius 3 is 2.67 bits per heavy atom. The van der Waals surface area contributed by atoms with Crippen LogP contribution in [0.15, 0.2) is 15.9 Å². The fourth-order valence-corrected chi connectivity index (χ4v) is 2.70. The van der Waals surface area contributed by atoms with Crippen molar-refractivity contribution in [1.82, 2.24) is 0 Å². The van der Waals surface area contributed by atoms with E-state index in [1.165, 1.54) is 9.35 Å². The molecule has 0 bridgehead atoms. The Bertz CT molecular complexity index is 244. The Balaban J connectivity index is 2.58. The maximum Gasteiger partial charge on any atom is 0.0407 e. The molecule has 0 fully saturated rings. The van der Waals surface area contributed by atoms with Gasteiger partial charge >= 0.3 is 0 Å². The Hall–Kier alpha value is 0.470. The molecule has 0 aliphatic carbocycles. The summed E-state index contributed by atoms with van der Waals surface area (Å²) in [5.41, 5.74) is 0. The molecule has 1 rings (SSSR count). The zero-order valence-corrected chi connectivity index (χ0v) is 10.3. The third-order valence-corrected chi connectivity index (χ3v) is 4.40. The number of hydrogen-bond acceptors (Lipinski definition) is 1. The van der Waals surface area contributed by atoms with E-state index in [0.29, 0.717) is 5.92 Å². The van der Waals surface area contributed by atoms with Crippen LogP contribution in [0.5, 0.6) is 0 Å². The topological polar surface area (TPSA) is 0 Å². The van der Waals surface area contributed by atoms with Crippen molar-refractivity contribution >= 4 is 38.9 Å². The summed E-state index contributed by atoms with van der Waals surface area (Å²) in [6.07, 6.45) is 0.970. The van der Waals surface area contributed by atoms with Gasteiger partial charge in [-0.25, -0.2) is 0 Å². The van der Waals surface area contributed by atoms with Crippen molar-refractivity contribution in [3.05, 3.63) is 20.8 Å². The number of rotatable bonds is 3. The molecule has 1 aromatic rings. The van der Waals surface area contributed by atoms with E-state index in [9.17, 15) is 0 Å². The predicted molar refractivity (Wildman–Crippen MR) is 60.2 cm³/mol. The van der Waals surface area contributed by atoms with Crippen molar-refractivity contribution in [1.29, 1.82) is 0 Å². The normalized spacial score (nSPS) is 13.8. The van der Waals surface area contributed by atoms with Gasteiger partial charge in [-0.3, -0.25) is 0 Å². The first kappa shape index (κ1) is 10.6. The summed E-state index contributed by atoms with van der Waals surface area (Å²) in [7, 11) is 0. The molecule has 0 N–H and O–H groups in total. The molecule has 0 saturated heterocycles. The fourth-order valence-electron chi connectivity index (χ4n) is 0.884. The van der Waals surface area contributed by atoms with Crippen molar-refractivity contribution in [2.45, 2.75) is 25.6 Å². The van der Waals surface area contributed by atoms with Gasteiger partial charge < -0.3 is 0 Å². The number of hydrogen-bond donors (Lipinski definition) is 0. The summed E-state index contributed by atoms with van der Waals surface area (Å²) >= 11 is 11.4. The first-order valence-corrected chi connectivity index (χ1v) is 6.08. The Morgan fingerprint density at radius 2 is 2.25 bits per heavy atom. The van der Waals surface area contributed by atoms with Crippen molar-refractivity contribution in [3.63, 3.8) is 0 Å². The maximum absolute atomic E-state index is 6.16. The molecular formula is C9H12BrClS. The molecule has 12 heavy (non-hydrogen) atoms. The lowest BCUT2D eigenvalue weighted by Gasteiger charge is -2.11. The molecule has 0 radical (unpaired) electrons. The highest BCUT2D eigenvalue weighted by Crippen LogP contribution is 2.27. The van der Waals surface area contributed by atoms with Crippen LogP contribution in [0, 0.1) is 5.92 Å². The summed E-state index contributed by atoms with van der Waals surface area (Å²) in [4.78, 5) is 1.35. The second kappa shape index (κ2) is 4.64. The highest BCUT2D eigenvalue weighted by atomic mass is 79.9. The van der Waals surface area contributed by atoms with Crippen molar-refractivity contribution in [2.75, 3.05) is 0 Å². The standard InChI is InChI=1S/C9H12BrClS/c1-6(2)8(11)5-9-7(10)3-4-12-9/h3-4,6,8H,5H2,1-2H3. The minimum absolute atomic E-state index is 0.250. The number of halogens is 2. The van der Waals surface area contributed by atoms with Crippen molar-refractivity contribution in [3.8, 4) is 0 Å². The molecule has 3 heteroatoms. The lowest BCUT2D eigenvalue weighted by Crippen LogP contribution is -2.10. The molecule has 68 valence electrons. The molecule has 0 nitrogen and oxygen atoms in total. The molecule has 1 heterocycles. The summed E-state index contributed by atoms with van der Waals surface area (Å²) in [5, 5.41) is 2.34. The van der Waals surface area contributed by atoms with Crippen molar-refractivity contribution in [2.24, 2.45) is 5.92 Å². The van der Waals surface area contributed by atoms with E-state index in [1.54, 1.807) is 11.3 Å². The molecular weight excluding hydrogens is 256 g/mol. The van der Waals surface area contributed by atoms with Gasteiger partial charge in [0.15, 0.2) is 0 Å². The van der Waals surface area contributed by atoms with Crippen LogP contribution in [-0.2, 0) is 6.42 Å². The third-order valence-electron chi connectivity index (χ3n) is 1.79. The average molecular weight is 268 g/mol. The summed E-state index contributed by atoms with van der Waals surface area (Å²) in [6, 6.07) is 2.07. The largest absolute Gasteiger partial charge is 0.148 e. The van der Waals surface area contributed by atoms with Crippen LogP contribution in [0.2, 0.25) is 0 Å². The minimum atomic E-state index is 0.250. The first-order valence-electron chi connectivity index (χ1n) is 3.97. The smallest absolute Gasteiger partial charge is 0.0407 e. The van der Waals surface area contributed by atoms with E-state index in [2.05, 4.69) is 41.2 Å². The molecule has 0 aromatic carbocycles.